The Morgan fingerprint density at radius 3 is 2.55 bits per heavy atom. The number of nitrogens with one attached hydrogen (secondary N) is 2. The van der Waals surface area contributed by atoms with Crippen LogP contribution in [0.4, 0.5) is 11.8 Å². The number of rotatable bonds is 5. The summed E-state index contributed by atoms with van der Waals surface area (Å²) in [5.74, 6) is 6.63. The molecule has 2 rings (SSSR count). The van der Waals surface area contributed by atoms with Crippen molar-refractivity contribution in [2.24, 2.45) is 5.84 Å². The van der Waals surface area contributed by atoms with Crippen LogP contribution in [0.25, 0.3) is 10.9 Å². The second-order valence-electron chi connectivity index (χ2n) is 5.62. The summed E-state index contributed by atoms with van der Waals surface area (Å²) in [5, 5.41) is 4.38. The van der Waals surface area contributed by atoms with E-state index < -0.39 is 0 Å². The molecular formula is C14H22N6. The van der Waals surface area contributed by atoms with Gasteiger partial charge in [-0.2, -0.15) is 4.98 Å². The zero-order valence-electron chi connectivity index (χ0n) is 12.4. The summed E-state index contributed by atoms with van der Waals surface area (Å²) in [5.41, 5.74) is 3.38. The van der Waals surface area contributed by atoms with E-state index in [1.807, 2.05) is 24.3 Å². The van der Waals surface area contributed by atoms with E-state index >= 15 is 0 Å². The van der Waals surface area contributed by atoms with Crippen molar-refractivity contribution < 1.29 is 0 Å². The lowest BCUT2D eigenvalue weighted by Gasteiger charge is -2.33. The molecule has 0 aliphatic heterocycles. The second-order valence-corrected chi connectivity index (χ2v) is 5.62. The van der Waals surface area contributed by atoms with Crippen LogP contribution in [0.5, 0.6) is 0 Å². The molecule has 0 bridgehead atoms. The summed E-state index contributed by atoms with van der Waals surface area (Å²) in [6.45, 7) is 5.11. The average molecular weight is 274 g/mol. The monoisotopic (exact) mass is 274 g/mol. The number of nitrogens with zero attached hydrogens (tertiary/aromatic N) is 3. The molecule has 108 valence electrons. The maximum absolute atomic E-state index is 5.43. The summed E-state index contributed by atoms with van der Waals surface area (Å²) in [6, 6.07) is 7.87. The highest BCUT2D eigenvalue weighted by molar-refractivity contribution is 5.89. The molecule has 6 nitrogen and oxygen atoms in total. The molecule has 20 heavy (non-hydrogen) atoms. The van der Waals surface area contributed by atoms with Gasteiger partial charge >= 0.3 is 0 Å². The molecule has 0 atom stereocenters. The maximum atomic E-state index is 5.43. The normalized spacial score (nSPS) is 11.9. The highest BCUT2D eigenvalue weighted by Gasteiger charge is 2.20. The fourth-order valence-electron chi connectivity index (χ4n) is 1.73. The predicted octanol–water partition coefficient (Wildman–Crippen LogP) is 1.67. The molecule has 0 fully saturated rings. The second kappa shape index (κ2) is 5.60. The van der Waals surface area contributed by atoms with E-state index in [9.17, 15) is 0 Å². The summed E-state index contributed by atoms with van der Waals surface area (Å²) in [7, 11) is 4.12. The first kappa shape index (κ1) is 14.5. The van der Waals surface area contributed by atoms with Crippen LogP contribution in [0, 0.1) is 0 Å². The van der Waals surface area contributed by atoms with E-state index in [0.29, 0.717) is 5.95 Å². The third-order valence-electron chi connectivity index (χ3n) is 3.63. The Labute approximate surface area is 119 Å². The van der Waals surface area contributed by atoms with Crippen LogP contribution in [0.15, 0.2) is 24.3 Å². The first-order chi connectivity index (χ1) is 9.44. The van der Waals surface area contributed by atoms with Crippen molar-refractivity contribution in [1.82, 2.24) is 14.9 Å². The third-order valence-corrected chi connectivity index (χ3v) is 3.63. The highest BCUT2D eigenvalue weighted by Crippen LogP contribution is 2.22. The Kier molecular flexibility index (Phi) is 4.06. The minimum absolute atomic E-state index is 0.0162. The minimum atomic E-state index is 0.0162. The molecule has 2 aromatic rings. The maximum Gasteiger partial charge on any atom is 0.239 e. The number of hydrogen-bond donors (Lipinski definition) is 3. The molecule has 1 heterocycles. The molecular weight excluding hydrogens is 252 g/mol. The van der Waals surface area contributed by atoms with Crippen molar-refractivity contribution in [3.8, 4) is 0 Å². The number of aromatic nitrogens is 2. The molecule has 4 N–H and O–H groups in total. The van der Waals surface area contributed by atoms with Crippen LogP contribution in [-0.2, 0) is 0 Å². The van der Waals surface area contributed by atoms with Crippen molar-refractivity contribution in [3.63, 3.8) is 0 Å². The Hall–Kier alpha value is -1.92. The lowest BCUT2D eigenvalue weighted by molar-refractivity contribution is 0.210. The van der Waals surface area contributed by atoms with Crippen LogP contribution >= 0.6 is 0 Å². The number of nitrogen functional groups attached to an aromatic ring is 1. The quantitative estimate of drug-likeness (QED) is 0.568. The van der Waals surface area contributed by atoms with Crippen LogP contribution in [-0.4, -0.2) is 41.0 Å². The van der Waals surface area contributed by atoms with E-state index in [4.69, 9.17) is 5.84 Å². The fourth-order valence-corrected chi connectivity index (χ4v) is 1.73. The molecule has 0 amide bonds. The molecule has 0 aliphatic rings. The Balaban J connectivity index is 2.33. The standard InChI is InChI=1S/C14H22N6/c1-14(2,20(3)4)9-16-12-10-7-5-6-8-11(10)17-13(18-12)19-15/h5-8H,9,15H2,1-4H3,(H2,16,17,18,19). The number of benzene rings is 1. The van der Waals surface area contributed by atoms with Crippen LogP contribution in [0.3, 0.4) is 0 Å². The number of hydrogen-bond acceptors (Lipinski definition) is 6. The van der Waals surface area contributed by atoms with Crippen molar-refractivity contribution >= 4 is 22.7 Å². The minimum Gasteiger partial charge on any atom is -0.368 e. The zero-order valence-corrected chi connectivity index (χ0v) is 12.4. The van der Waals surface area contributed by atoms with E-state index in [-0.39, 0.29) is 5.54 Å². The molecule has 6 heteroatoms. The van der Waals surface area contributed by atoms with Gasteiger partial charge in [0.15, 0.2) is 0 Å². The van der Waals surface area contributed by atoms with E-state index in [1.165, 1.54) is 0 Å². The Morgan fingerprint density at radius 2 is 1.90 bits per heavy atom. The number of hydrazine groups is 1. The highest BCUT2D eigenvalue weighted by atomic mass is 15.3. The van der Waals surface area contributed by atoms with Gasteiger partial charge in [0.1, 0.15) is 5.82 Å². The molecule has 1 aromatic carbocycles. The molecule has 0 radical (unpaired) electrons. The summed E-state index contributed by atoms with van der Waals surface area (Å²) < 4.78 is 0. The predicted molar refractivity (Wildman–Crippen MR) is 83.6 cm³/mol. The van der Waals surface area contributed by atoms with Gasteiger partial charge in [-0.15, -0.1) is 0 Å². The van der Waals surface area contributed by atoms with Crippen LogP contribution in [0.2, 0.25) is 0 Å². The topological polar surface area (TPSA) is 79.1 Å². The molecule has 0 saturated carbocycles. The largest absolute Gasteiger partial charge is 0.368 e. The zero-order chi connectivity index (χ0) is 14.8. The Bertz CT molecular complexity index is 593. The first-order valence-electron chi connectivity index (χ1n) is 6.59. The van der Waals surface area contributed by atoms with Crippen molar-refractivity contribution in [1.29, 1.82) is 0 Å². The third kappa shape index (κ3) is 2.97. The number of para-hydroxylation sites is 1. The summed E-state index contributed by atoms with van der Waals surface area (Å²) in [4.78, 5) is 10.9. The summed E-state index contributed by atoms with van der Waals surface area (Å²) in [6.07, 6.45) is 0. The number of fused-ring (bicyclic) bond motifs is 1. The van der Waals surface area contributed by atoms with Crippen molar-refractivity contribution in [3.05, 3.63) is 24.3 Å². The first-order valence-corrected chi connectivity index (χ1v) is 6.59. The lowest BCUT2D eigenvalue weighted by Crippen LogP contribution is -2.44. The van der Waals surface area contributed by atoms with Gasteiger partial charge in [-0.05, 0) is 40.1 Å². The SMILES string of the molecule is CN(C)C(C)(C)CNc1nc(NN)nc2ccccc12. The van der Waals surface area contributed by atoms with E-state index in [1.54, 1.807) is 0 Å². The van der Waals surface area contributed by atoms with Gasteiger partial charge in [0.05, 0.1) is 5.52 Å². The van der Waals surface area contributed by atoms with Crippen LogP contribution < -0.4 is 16.6 Å². The smallest absolute Gasteiger partial charge is 0.239 e. The molecule has 0 unspecified atom stereocenters. The molecule has 0 aliphatic carbocycles. The number of nitrogens with two attached hydrogens (primary N) is 1. The van der Waals surface area contributed by atoms with Gasteiger partial charge in [-0.1, -0.05) is 12.1 Å². The van der Waals surface area contributed by atoms with E-state index in [2.05, 4.69) is 53.6 Å². The van der Waals surface area contributed by atoms with Gasteiger partial charge in [0, 0.05) is 17.5 Å². The fraction of sp³-hybridized carbons (Fsp3) is 0.429. The number of likely N-dealkylation sites (N-methyl/N-ethyl adjacent to an activating group) is 1. The lowest BCUT2D eigenvalue weighted by atomic mass is 10.0. The van der Waals surface area contributed by atoms with Gasteiger partial charge in [-0.25, -0.2) is 10.8 Å². The molecule has 1 aromatic heterocycles. The van der Waals surface area contributed by atoms with Crippen molar-refractivity contribution in [2.45, 2.75) is 19.4 Å². The molecule has 0 spiro atoms. The van der Waals surface area contributed by atoms with Crippen molar-refractivity contribution in [2.75, 3.05) is 31.4 Å². The molecule has 0 saturated heterocycles. The Morgan fingerprint density at radius 1 is 1.20 bits per heavy atom. The van der Waals surface area contributed by atoms with Crippen LogP contribution in [0.1, 0.15) is 13.8 Å². The van der Waals surface area contributed by atoms with Gasteiger partial charge in [-0.3, -0.25) is 5.43 Å². The van der Waals surface area contributed by atoms with Gasteiger partial charge in [0.2, 0.25) is 5.95 Å². The summed E-state index contributed by atoms with van der Waals surface area (Å²) >= 11 is 0. The van der Waals surface area contributed by atoms with E-state index in [0.717, 1.165) is 23.3 Å². The average Bonchev–Trinajstić information content (AvgIpc) is 2.44. The van der Waals surface area contributed by atoms with Gasteiger partial charge < -0.3 is 10.2 Å². The van der Waals surface area contributed by atoms with Gasteiger partial charge in [0.25, 0.3) is 0 Å². The number of anilines is 2.